The molecule has 1 aliphatic rings. The van der Waals surface area contributed by atoms with Crippen molar-refractivity contribution in [2.24, 2.45) is 0 Å². The van der Waals surface area contributed by atoms with Gasteiger partial charge in [-0.05, 0) is 38.0 Å². The van der Waals surface area contributed by atoms with Gasteiger partial charge in [0.15, 0.2) is 0 Å². The van der Waals surface area contributed by atoms with Crippen molar-refractivity contribution >= 4 is 10.0 Å². The van der Waals surface area contributed by atoms with E-state index in [0.29, 0.717) is 5.56 Å². The van der Waals surface area contributed by atoms with E-state index in [9.17, 15) is 12.8 Å². The fourth-order valence-electron chi connectivity index (χ4n) is 2.62. The van der Waals surface area contributed by atoms with Gasteiger partial charge in [0, 0.05) is 24.0 Å². The number of sulfonamides is 1. The molecule has 0 N–H and O–H groups in total. The highest BCUT2D eigenvalue weighted by Gasteiger charge is 2.42. The van der Waals surface area contributed by atoms with Crippen LogP contribution in [0.3, 0.4) is 0 Å². The third-order valence-electron chi connectivity index (χ3n) is 3.85. The molecule has 6 heteroatoms. The highest BCUT2D eigenvalue weighted by atomic mass is 32.2. The standard InChI is InChI=1S/C16H17FN2O2S/c1-12(15-6-2-3-7-16(15)17)19(13-8-9-13)22(20,21)14-5-4-10-18-11-14/h2-7,10-13H,8-9H2,1H3. The highest BCUT2D eigenvalue weighted by Crippen LogP contribution is 2.39. The zero-order chi connectivity index (χ0) is 15.7. The lowest BCUT2D eigenvalue weighted by Gasteiger charge is -2.28. The summed E-state index contributed by atoms with van der Waals surface area (Å²) in [6.45, 7) is 1.73. The summed E-state index contributed by atoms with van der Waals surface area (Å²) in [6, 6.07) is 8.79. The predicted molar refractivity (Wildman–Crippen MR) is 81.1 cm³/mol. The molecule has 2 aromatic rings. The number of halogens is 1. The number of hydrogen-bond acceptors (Lipinski definition) is 3. The molecule has 0 saturated heterocycles. The monoisotopic (exact) mass is 320 g/mol. The lowest BCUT2D eigenvalue weighted by atomic mass is 10.1. The van der Waals surface area contributed by atoms with E-state index < -0.39 is 16.1 Å². The van der Waals surface area contributed by atoms with E-state index in [2.05, 4.69) is 4.98 Å². The molecule has 1 aromatic carbocycles. The molecule has 22 heavy (non-hydrogen) atoms. The topological polar surface area (TPSA) is 50.3 Å². The first-order valence-corrected chi connectivity index (χ1v) is 8.64. The third-order valence-corrected chi connectivity index (χ3v) is 5.86. The number of benzene rings is 1. The summed E-state index contributed by atoms with van der Waals surface area (Å²) < 4.78 is 41.3. The fourth-order valence-corrected chi connectivity index (χ4v) is 4.44. The molecule has 1 heterocycles. The summed E-state index contributed by atoms with van der Waals surface area (Å²) in [5.74, 6) is -0.387. The minimum atomic E-state index is -3.70. The van der Waals surface area contributed by atoms with Crippen LogP contribution in [0.1, 0.15) is 31.4 Å². The van der Waals surface area contributed by atoms with Crippen LogP contribution in [0.4, 0.5) is 4.39 Å². The quantitative estimate of drug-likeness (QED) is 0.850. The Kier molecular flexibility index (Phi) is 3.97. The van der Waals surface area contributed by atoms with Crippen molar-refractivity contribution in [1.82, 2.24) is 9.29 Å². The van der Waals surface area contributed by atoms with Crippen molar-refractivity contribution in [3.05, 3.63) is 60.2 Å². The second-order valence-corrected chi connectivity index (χ2v) is 7.30. The van der Waals surface area contributed by atoms with E-state index in [4.69, 9.17) is 0 Å². The van der Waals surface area contributed by atoms with Crippen LogP contribution in [0.2, 0.25) is 0 Å². The second kappa shape index (κ2) is 5.78. The van der Waals surface area contributed by atoms with Gasteiger partial charge in [0.25, 0.3) is 0 Å². The van der Waals surface area contributed by atoms with Crippen molar-refractivity contribution in [3.63, 3.8) is 0 Å². The predicted octanol–water partition coefficient (Wildman–Crippen LogP) is 3.14. The number of rotatable bonds is 5. The van der Waals surface area contributed by atoms with Crippen LogP contribution in [0.15, 0.2) is 53.7 Å². The highest BCUT2D eigenvalue weighted by molar-refractivity contribution is 7.89. The summed E-state index contributed by atoms with van der Waals surface area (Å²) in [5, 5.41) is 0. The summed E-state index contributed by atoms with van der Waals surface area (Å²) in [6.07, 6.45) is 4.47. The van der Waals surface area contributed by atoms with Crippen LogP contribution in [-0.4, -0.2) is 23.7 Å². The van der Waals surface area contributed by atoms with Gasteiger partial charge in [0.05, 0.1) is 6.04 Å². The molecular formula is C16H17FN2O2S. The van der Waals surface area contributed by atoms with Gasteiger partial charge in [-0.3, -0.25) is 4.98 Å². The fraction of sp³-hybridized carbons (Fsp3) is 0.312. The maximum Gasteiger partial charge on any atom is 0.245 e. The van der Waals surface area contributed by atoms with Gasteiger partial charge in [-0.1, -0.05) is 18.2 Å². The Hall–Kier alpha value is -1.79. The lowest BCUT2D eigenvalue weighted by Crippen LogP contribution is -2.36. The van der Waals surface area contributed by atoms with Gasteiger partial charge in [-0.25, -0.2) is 12.8 Å². The van der Waals surface area contributed by atoms with Crippen molar-refractivity contribution in [1.29, 1.82) is 0 Å². The number of hydrogen-bond donors (Lipinski definition) is 0. The summed E-state index contributed by atoms with van der Waals surface area (Å²) in [7, 11) is -3.70. The van der Waals surface area contributed by atoms with Gasteiger partial charge in [0.2, 0.25) is 10.0 Å². The molecule has 0 spiro atoms. The van der Waals surface area contributed by atoms with Gasteiger partial charge in [0.1, 0.15) is 10.7 Å². The summed E-state index contributed by atoms with van der Waals surface area (Å²) in [4.78, 5) is 4.03. The molecular weight excluding hydrogens is 303 g/mol. The Morgan fingerprint density at radius 1 is 1.23 bits per heavy atom. The summed E-state index contributed by atoms with van der Waals surface area (Å²) in [5.41, 5.74) is 0.391. The van der Waals surface area contributed by atoms with Gasteiger partial charge >= 0.3 is 0 Å². The molecule has 1 fully saturated rings. The number of aromatic nitrogens is 1. The molecule has 4 nitrogen and oxygen atoms in total. The van der Waals surface area contributed by atoms with E-state index in [1.54, 1.807) is 31.2 Å². The molecule has 0 amide bonds. The van der Waals surface area contributed by atoms with Crippen LogP contribution in [0.25, 0.3) is 0 Å². The molecule has 0 radical (unpaired) electrons. The van der Waals surface area contributed by atoms with E-state index in [1.165, 1.54) is 28.8 Å². The maximum atomic E-state index is 14.0. The Balaban J connectivity index is 2.02. The normalized spacial score (nSPS) is 16.7. The molecule has 1 unspecified atom stereocenters. The minimum Gasteiger partial charge on any atom is -0.263 e. The first-order valence-electron chi connectivity index (χ1n) is 7.20. The van der Waals surface area contributed by atoms with Crippen molar-refractivity contribution in [2.45, 2.75) is 36.7 Å². The molecule has 1 aromatic heterocycles. The molecule has 3 rings (SSSR count). The molecule has 0 bridgehead atoms. The van der Waals surface area contributed by atoms with Crippen LogP contribution < -0.4 is 0 Å². The average Bonchev–Trinajstić information content (AvgIpc) is 3.33. The smallest absolute Gasteiger partial charge is 0.245 e. The van der Waals surface area contributed by atoms with Crippen LogP contribution >= 0.6 is 0 Å². The first kappa shape index (κ1) is 15.1. The Morgan fingerprint density at radius 3 is 2.55 bits per heavy atom. The minimum absolute atomic E-state index is 0.0696. The van der Waals surface area contributed by atoms with Crippen LogP contribution in [0, 0.1) is 5.82 Å². The Morgan fingerprint density at radius 2 is 1.95 bits per heavy atom. The maximum absolute atomic E-state index is 14.0. The zero-order valence-corrected chi connectivity index (χ0v) is 13.0. The van der Waals surface area contributed by atoms with Gasteiger partial charge < -0.3 is 0 Å². The van der Waals surface area contributed by atoms with Crippen LogP contribution in [-0.2, 0) is 10.0 Å². The van der Waals surface area contributed by atoms with E-state index >= 15 is 0 Å². The van der Waals surface area contributed by atoms with E-state index in [0.717, 1.165) is 12.8 Å². The largest absolute Gasteiger partial charge is 0.263 e. The first-order chi connectivity index (χ1) is 10.5. The molecule has 0 aliphatic heterocycles. The molecule has 1 saturated carbocycles. The van der Waals surface area contributed by atoms with Crippen molar-refractivity contribution < 1.29 is 12.8 Å². The van der Waals surface area contributed by atoms with Crippen LogP contribution in [0.5, 0.6) is 0 Å². The second-order valence-electron chi connectivity index (χ2n) is 5.45. The van der Waals surface area contributed by atoms with Gasteiger partial charge in [-0.2, -0.15) is 4.31 Å². The lowest BCUT2D eigenvalue weighted by molar-refractivity contribution is 0.327. The third kappa shape index (κ3) is 2.76. The molecule has 1 atom stereocenters. The van der Waals surface area contributed by atoms with Gasteiger partial charge in [-0.15, -0.1) is 0 Å². The van der Waals surface area contributed by atoms with Crippen molar-refractivity contribution in [2.75, 3.05) is 0 Å². The average molecular weight is 320 g/mol. The summed E-state index contributed by atoms with van der Waals surface area (Å²) >= 11 is 0. The van der Waals surface area contributed by atoms with E-state index in [1.807, 2.05) is 0 Å². The van der Waals surface area contributed by atoms with Crippen molar-refractivity contribution in [3.8, 4) is 0 Å². The number of nitrogens with zero attached hydrogens (tertiary/aromatic N) is 2. The molecule has 116 valence electrons. The molecule has 1 aliphatic carbocycles. The number of pyridine rings is 1. The Labute approximate surface area is 129 Å². The Bertz CT molecular complexity index is 761. The SMILES string of the molecule is CC(c1ccccc1F)N(C1CC1)S(=O)(=O)c1cccnc1. The van der Waals surface area contributed by atoms with E-state index in [-0.39, 0.29) is 16.8 Å². The zero-order valence-electron chi connectivity index (χ0n) is 12.2.